The van der Waals surface area contributed by atoms with Crippen LogP contribution in [0.4, 0.5) is 11.4 Å². The largest absolute Gasteiger partial charge is 0.493 e. The summed E-state index contributed by atoms with van der Waals surface area (Å²) in [5, 5.41) is 2.82. The third-order valence-corrected chi connectivity index (χ3v) is 8.09. The average molecular weight is 524 g/mol. The van der Waals surface area contributed by atoms with Gasteiger partial charge < -0.3 is 19.7 Å². The Morgan fingerprint density at radius 3 is 2.19 bits per heavy atom. The summed E-state index contributed by atoms with van der Waals surface area (Å²) in [6, 6.07) is 17.5. The number of hydrogen-bond donors (Lipinski definition) is 1. The summed E-state index contributed by atoms with van der Waals surface area (Å²) in [6.45, 7) is 1.42. The molecule has 37 heavy (non-hydrogen) atoms. The number of para-hydroxylation sites is 1. The molecule has 9 nitrogen and oxygen atoms in total. The lowest BCUT2D eigenvalue weighted by Gasteiger charge is -2.20. The number of nitrogens with one attached hydrogen (secondary N) is 1. The molecule has 0 unspecified atom stereocenters. The quantitative estimate of drug-likeness (QED) is 0.478. The van der Waals surface area contributed by atoms with Crippen LogP contribution in [0.25, 0.3) is 0 Å². The third kappa shape index (κ3) is 5.39. The summed E-state index contributed by atoms with van der Waals surface area (Å²) in [5.74, 6) is 0.208. The van der Waals surface area contributed by atoms with Crippen molar-refractivity contribution >= 4 is 33.2 Å². The number of hydrogen-bond acceptors (Lipinski definition) is 6. The molecule has 1 heterocycles. The summed E-state index contributed by atoms with van der Waals surface area (Å²) < 4.78 is 37.9. The van der Waals surface area contributed by atoms with Crippen molar-refractivity contribution in [3.05, 3.63) is 77.9 Å². The van der Waals surface area contributed by atoms with Crippen molar-refractivity contribution in [1.82, 2.24) is 4.90 Å². The van der Waals surface area contributed by atoms with E-state index < -0.39 is 15.9 Å². The smallest absolute Gasteiger partial charge is 0.264 e. The maximum absolute atomic E-state index is 13.2. The molecule has 2 amide bonds. The van der Waals surface area contributed by atoms with Crippen molar-refractivity contribution in [2.75, 3.05) is 44.0 Å². The number of carbonyl (C=O) groups excluding carboxylic acids is 2. The Hall–Kier alpha value is -4.05. The molecule has 194 valence electrons. The molecule has 0 aliphatic carbocycles. The third-order valence-electron chi connectivity index (χ3n) is 6.31. The molecule has 3 aromatic carbocycles. The Morgan fingerprint density at radius 2 is 1.54 bits per heavy atom. The number of benzene rings is 3. The van der Waals surface area contributed by atoms with E-state index in [4.69, 9.17) is 9.47 Å². The normalized spacial score (nSPS) is 13.2. The van der Waals surface area contributed by atoms with Crippen LogP contribution in [0.1, 0.15) is 33.6 Å². The number of amides is 2. The van der Waals surface area contributed by atoms with Crippen molar-refractivity contribution in [2.45, 2.75) is 17.7 Å². The summed E-state index contributed by atoms with van der Waals surface area (Å²) in [5.41, 5.74) is 1.57. The molecule has 0 saturated carbocycles. The van der Waals surface area contributed by atoms with Crippen LogP contribution in [0.5, 0.6) is 11.5 Å². The average Bonchev–Trinajstić information content (AvgIpc) is 3.47. The zero-order valence-electron chi connectivity index (χ0n) is 20.9. The van der Waals surface area contributed by atoms with Crippen molar-refractivity contribution in [3.8, 4) is 11.5 Å². The molecule has 1 fully saturated rings. The highest BCUT2D eigenvalue weighted by Gasteiger charge is 2.24. The van der Waals surface area contributed by atoms with Gasteiger partial charge in [-0.15, -0.1) is 0 Å². The first-order valence-corrected chi connectivity index (χ1v) is 13.2. The predicted molar refractivity (Wildman–Crippen MR) is 141 cm³/mol. The molecule has 4 rings (SSSR count). The number of sulfonamides is 1. The minimum absolute atomic E-state index is 0.0359. The Morgan fingerprint density at radius 1 is 0.892 bits per heavy atom. The Balaban J connectivity index is 1.51. The minimum atomic E-state index is -3.90. The van der Waals surface area contributed by atoms with Gasteiger partial charge in [0.15, 0.2) is 11.5 Å². The van der Waals surface area contributed by atoms with Crippen LogP contribution in [0, 0.1) is 0 Å². The van der Waals surface area contributed by atoms with Gasteiger partial charge in [-0.2, -0.15) is 0 Å². The highest BCUT2D eigenvalue weighted by molar-refractivity contribution is 7.92. The van der Waals surface area contributed by atoms with E-state index in [1.165, 1.54) is 51.6 Å². The van der Waals surface area contributed by atoms with E-state index in [1.54, 1.807) is 41.3 Å². The van der Waals surface area contributed by atoms with Crippen LogP contribution < -0.4 is 19.1 Å². The molecule has 1 saturated heterocycles. The zero-order chi connectivity index (χ0) is 26.6. The molecule has 1 N–H and O–H groups in total. The SMILES string of the molecule is COc1ccc(S(=O)(=O)N(C)c2ccc(C(=O)Nc3ccccc3C(=O)N3CCCC3)cc2)cc1OC. The summed E-state index contributed by atoms with van der Waals surface area (Å²) >= 11 is 0. The molecule has 3 aromatic rings. The number of carbonyl (C=O) groups is 2. The summed E-state index contributed by atoms with van der Waals surface area (Å²) in [6.07, 6.45) is 1.95. The van der Waals surface area contributed by atoms with E-state index in [1.807, 2.05) is 0 Å². The Bertz CT molecular complexity index is 1400. The number of nitrogens with zero attached hydrogens (tertiary/aromatic N) is 2. The van der Waals surface area contributed by atoms with Gasteiger partial charge in [-0.3, -0.25) is 13.9 Å². The van der Waals surface area contributed by atoms with Gasteiger partial charge in [0.1, 0.15) is 0 Å². The molecule has 0 bridgehead atoms. The Kier molecular flexibility index (Phi) is 7.68. The van der Waals surface area contributed by atoms with Gasteiger partial charge >= 0.3 is 0 Å². The standard InChI is InChI=1S/C27H29N3O6S/c1-29(37(33,34)21-14-15-24(35-2)25(18-21)36-3)20-12-10-19(11-13-20)26(31)28-23-9-5-4-8-22(23)27(32)30-16-6-7-17-30/h4-5,8-15,18H,6-7,16-17H2,1-3H3,(H,28,31). The van der Waals surface area contributed by atoms with Gasteiger partial charge in [0.2, 0.25) is 0 Å². The second-order valence-corrected chi connectivity index (χ2v) is 10.5. The fraction of sp³-hybridized carbons (Fsp3) is 0.259. The van der Waals surface area contributed by atoms with Crippen molar-refractivity contribution in [3.63, 3.8) is 0 Å². The minimum Gasteiger partial charge on any atom is -0.493 e. The first-order chi connectivity index (χ1) is 17.8. The highest BCUT2D eigenvalue weighted by Crippen LogP contribution is 2.32. The molecule has 0 atom stereocenters. The summed E-state index contributed by atoms with van der Waals surface area (Å²) in [4.78, 5) is 27.7. The van der Waals surface area contributed by atoms with E-state index in [2.05, 4.69) is 5.32 Å². The van der Waals surface area contributed by atoms with Crippen molar-refractivity contribution < 1.29 is 27.5 Å². The van der Waals surface area contributed by atoms with Crippen LogP contribution in [0.2, 0.25) is 0 Å². The number of ether oxygens (including phenoxy) is 2. The first-order valence-electron chi connectivity index (χ1n) is 11.8. The highest BCUT2D eigenvalue weighted by atomic mass is 32.2. The van der Waals surface area contributed by atoms with Crippen LogP contribution in [0.3, 0.4) is 0 Å². The number of rotatable bonds is 8. The zero-order valence-corrected chi connectivity index (χ0v) is 21.7. The van der Waals surface area contributed by atoms with E-state index in [0.717, 1.165) is 17.1 Å². The second kappa shape index (κ2) is 10.9. The van der Waals surface area contributed by atoms with Gasteiger partial charge in [0, 0.05) is 31.8 Å². The molecule has 0 aromatic heterocycles. The Labute approximate surface area is 216 Å². The fourth-order valence-corrected chi connectivity index (χ4v) is 5.37. The van der Waals surface area contributed by atoms with Crippen LogP contribution in [-0.2, 0) is 10.0 Å². The number of methoxy groups -OCH3 is 2. The van der Waals surface area contributed by atoms with E-state index >= 15 is 0 Å². The van der Waals surface area contributed by atoms with Crippen LogP contribution in [-0.4, -0.2) is 59.5 Å². The predicted octanol–water partition coefficient (Wildman–Crippen LogP) is 4.02. The maximum atomic E-state index is 13.2. The second-order valence-electron chi connectivity index (χ2n) is 8.54. The lowest BCUT2D eigenvalue weighted by Crippen LogP contribution is -2.28. The van der Waals surface area contributed by atoms with E-state index in [-0.39, 0.29) is 10.8 Å². The maximum Gasteiger partial charge on any atom is 0.264 e. The molecular formula is C27H29N3O6S. The number of likely N-dealkylation sites (tertiary alicyclic amines) is 1. The van der Waals surface area contributed by atoms with Crippen LogP contribution >= 0.6 is 0 Å². The topological polar surface area (TPSA) is 105 Å². The van der Waals surface area contributed by atoms with Crippen molar-refractivity contribution in [1.29, 1.82) is 0 Å². The first kappa shape index (κ1) is 26.0. The van der Waals surface area contributed by atoms with Gasteiger partial charge in [0.05, 0.1) is 36.1 Å². The fourth-order valence-electron chi connectivity index (χ4n) is 4.16. The van der Waals surface area contributed by atoms with Gasteiger partial charge in [-0.25, -0.2) is 8.42 Å². The molecular weight excluding hydrogens is 494 g/mol. The lowest BCUT2D eigenvalue weighted by atomic mass is 10.1. The molecule has 1 aliphatic heterocycles. The molecule has 10 heteroatoms. The van der Waals surface area contributed by atoms with Gasteiger partial charge in [0.25, 0.3) is 21.8 Å². The monoisotopic (exact) mass is 523 g/mol. The van der Waals surface area contributed by atoms with Crippen molar-refractivity contribution in [2.24, 2.45) is 0 Å². The van der Waals surface area contributed by atoms with E-state index in [0.29, 0.717) is 47.1 Å². The number of anilines is 2. The summed E-state index contributed by atoms with van der Waals surface area (Å²) in [7, 11) is 0.437. The molecule has 1 aliphatic rings. The lowest BCUT2D eigenvalue weighted by molar-refractivity contribution is 0.0794. The van der Waals surface area contributed by atoms with Crippen LogP contribution in [0.15, 0.2) is 71.6 Å². The molecule has 0 radical (unpaired) electrons. The van der Waals surface area contributed by atoms with Gasteiger partial charge in [-0.05, 0) is 61.4 Å². The van der Waals surface area contributed by atoms with E-state index in [9.17, 15) is 18.0 Å². The van der Waals surface area contributed by atoms with Gasteiger partial charge in [-0.1, -0.05) is 12.1 Å². The molecule has 0 spiro atoms.